The predicted octanol–water partition coefficient (Wildman–Crippen LogP) is 2.21. The standard InChI is InChI=1S/C15H20N4O2S2/c1-4-18-15(16)19(3)23(20,21)10-13-5-6-14(22-13)12-7-11(2)8-17-9-12/h5-9H,4,10H2,1-3H3,(H2,16,18). The quantitative estimate of drug-likeness (QED) is 0.660. The van der Waals surface area contributed by atoms with Crippen molar-refractivity contribution in [2.45, 2.75) is 19.6 Å². The first kappa shape index (κ1) is 17.4. The predicted molar refractivity (Wildman–Crippen MR) is 94.8 cm³/mol. The Morgan fingerprint density at radius 3 is 2.78 bits per heavy atom. The fourth-order valence-electron chi connectivity index (χ4n) is 1.98. The van der Waals surface area contributed by atoms with Gasteiger partial charge in [0.2, 0.25) is 16.0 Å². The minimum Gasteiger partial charge on any atom is -0.369 e. The Morgan fingerprint density at radius 1 is 1.39 bits per heavy atom. The summed E-state index contributed by atoms with van der Waals surface area (Å²) in [5, 5.41) is 0. The Kier molecular flexibility index (Phi) is 5.38. The second-order valence-corrected chi connectivity index (χ2v) is 8.24. The highest BCUT2D eigenvalue weighted by Gasteiger charge is 2.21. The Morgan fingerprint density at radius 2 is 2.13 bits per heavy atom. The van der Waals surface area contributed by atoms with E-state index in [9.17, 15) is 8.42 Å². The third-order valence-corrected chi connectivity index (χ3v) is 6.22. The van der Waals surface area contributed by atoms with Gasteiger partial charge in [-0.25, -0.2) is 12.7 Å². The average molecular weight is 352 g/mol. The monoisotopic (exact) mass is 352 g/mol. The molecule has 0 saturated carbocycles. The summed E-state index contributed by atoms with van der Waals surface area (Å²) in [5.74, 6) is -0.0972. The molecule has 2 aromatic heterocycles. The van der Waals surface area contributed by atoms with E-state index < -0.39 is 10.0 Å². The lowest BCUT2D eigenvalue weighted by Crippen LogP contribution is -2.39. The zero-order valence-electron chi connectivity index (χ0n) is 13.4. The lowest BCUT2D eigenvalue weighted by molar-refractivity contribution is 0.550. The Labute approximate surface area is 140 Å². The molecule has 0 aromatic carbocycles. The number of aliphatic imine (C=N–C) groups is 1. The highest BCUT2D eigenvalue weighted by atomic mass is 32.2. The number of hydrogen-bond donors (Lipinski definition) is 1. The van der Waals surface area contributed by atoms with E-state index in [1.165, 1.54) is 18.4 Å². The fraction of sp³-hybridized carbons (Fsp3) is 0.333. The van der Waals surface area contributed by atoms with Crippen molar-refractivity contribution < 1.29 is 8.42 Å². The molecule has 0 radical (unpaired) electrons. The van der Waals surface area contributed by atoms with Crippen molar-refractivity contribution in [1.82, 2.24) is 9.29 Å². The summed E-state index contributed by atoms with van der Waals surface area (Å²) < 4.78 is 25.8. The molecule has 2 aromatic rings. The first-order valence-electron chi connectivity index (χ1n) is 7.10. The van der Waals surface area contributed by atoms with Crippen LogP contribution in [0.15, 0.2) is 35.6 Å². The number of rotatable bonds is 5. The van der Waals surface area contributed by atoms with Gasteiger partial charge in [0.05, 0.1) is 0 Å². The van der Waals surface area contributed by atoms with Crippen LogP contribution in [0.5, 0.6) is 0 Å². The van der Waals surface area contributed by atoms with E-state index in [4.69, 9.17) is 5.73 Å². The molecule has 0 fully saturated rings. The Balaban J connectivity index is 2.20. The van der Waals surface area contributed by atoms with Crippen LogP contribution in [0.1, 0.15) is 17.4 Å². The molecule has 0 bridgehead atoms. The van der Waals surface area contributed by atoms with Crippen LogP contribution < -0.4 is 5.73 Å². The van der Waals surface area contributed by atoms with Crippen LogP contribution in [0, 0.1) is 6.92 Å². The number of aryl methyl sites for hydroxylation is 1. The van der Waals surface area contributed by atoms with E-state index in [0.29, 0.717) is 6.54 Å². The maximum Gasteiger partial charge on any atom is 0.242 e. The molecular formula is C15H20N4O2S2. The van der Waals surface area contributed by atoms with Gasteiger partial charge in [-0.1, -0.05) is 0 Å². The van der Waals surface area contributed by atoms with E-state index in [1.807, 2.05) is 25.1 Å². The molecule has 0 spiro atoms. The van der Waals surface area contributed by atoms with Crippen molar-refractivity contribution in [3.05, 3.63) is 41.0 Å². The molecule has 0 amide bonds. The highest BCUT2D eigenvalue weighted by molar-refractivity contribution is 7.89. The van der Waals surface area contributed by atoms with Crippen LogP contribution in [0.2, 0.25) is 0 Å². The fourth-order valence-corrected chi connectivity index (χ4v) is 4.44. The van der Waals surface area contributed by atoms with Crippen molar-refractivity contribution in [3.63, 3.8) is 0 Å². The maximum atomic E-state index is 12.4. The summed E-state index contributed by atoms with van der Waals surface area (Å²) in [6, 6.07) is 5.76. The molecule has 124 valence electrons. The third kappa shape index (κ3) is 4.29. The summed E-state index contributed by atoms with van der Waals surface area (Å²) in [6.45, 7) is 4.21. The highest BCUT2D eigenvalue weighted by Crippen LogP contribution is 2.29. The van der Waals surface area contributed by atoms with E-state index in [-0.39, 0.29) is 11.7 Å². The van der Waals surface area contributed by atoms with Gasteiger partial charge in [0.15, 0.2) is 0 Å². The van der Waals surface area contributed by atoms with Crippen LogP contribution in [0.3, 0.4) is 0 Å². The summed E-state index contributed by atoms with van der Waals surface area (Å²) in [6.07, 6.45) is 3.56. The molecule has 2 heterocycles. The molecule has 0 saturated heterocycles. The summed E-state index contributed by atoms with van der Waals surface area (Å²) in [7, 11) is -2.12. The van der Waals surface area contributed by atoms with Crippen molar-refractivity contribution in [2.75, 3.05) is 13.6 Å². The van der Waals surface area contributed by atoms with Gasteiger partial charge in [-0.2, -0.15) is 0 Å². The van der Waals surface area contributed by atoms with Crippen molar-refractivity contribution in [3.8, 4) is 10.4 Å². The first-order valence-corrected chi connectivity index (χ1v) is 9.53. The molecule has 0 aliphatic carbocycles. The molecular weight excluding hydrogens is 332 g/mol. The lowest BCUT2D eigenvalue weighted by atomic mass is 10.2. The van der Waals surface area contributed by atoms with E-state index >= 15 is 0 Å². The summed E-state index contributed by atoms with van der Waals surface area (Å²) in [5.41, 5.74) is 7.72. The van der Waals surface area contributed by atoms with Crippen molar-refractivity contribution in [1.29, 1.82) is 0 Å². The molecule has 0 unspecified atom stereocenters. The van der Waals surface area contributed by atoms with E-state index in [0.717, 1.165) is 25.2 Å². The molecule has 0 aliphatic heterocycles. The number of nitrogens with zero attached hydrogens (tertiary/aromatic N) is 3. The minimum absolute atomic E-state index is 0.00663. The van der Waals surface area contributed by atoms with E-state index in [2.05, 4.69) is 9.98 Å². The minimum atomic E-state index is -3.54. The number of aromatic nitrogens is 1. The van der Waals surface area contributed by atoms with Crippen LogP contribution >= 0.6 is 11.3 Å². The number of hydrogen-bond acceptors (Lipinski definition) is 5. The molecule has 0 atom stereocenters. The molecule has 0 aliphatic rings. The summed E-state index contributed by atoms with van der Waals surface area (Å²) in [4.78, 5) is 9.83. The van der Waals surface area contributed by atoms with Gasteiger partial charge < -0.3 is 5.73 Å². The molecule has 6 nitrogen and oxygen atoms in total. The van der Waals surface area contributed by atoms with Gasteiger partial charge in [0.25, 0.3) is 0 Å². The second kappa shape index (κ2) is 7.10. The van der Waals surface area contributed by atoms with Gasteiger partial charge >= 0.3 is 0 Å². The molecule has 2 rings (SSSR count). The van der Waals surface area contributed by atoms with Crippen LogP contribution in [-0.2, 0) is 15.8 Å². The van der Waals surface area contributed by atoms with Gasteiger partial charge in [-0.05, 0) is 37.6 Å². The SMILES string of the molecule is CCN=C(N)N(C)S(=O)(=O)Cc1ccc(-c2cncc(C)c2)s1. The van der Waals surface area contributed by atoms with E-state index in [1.54, 1.807) is 19.3 Å². The van der Waals surface area contributed by atoms with Gasteiger partial charge in [0.1, 0.15) is 5.75 Å². The van der Waals surface area contributed by atoms with Gasteiger partial charge in [-0.3, -0.25) is 9.98 Å². The average Bonchev–Trinajstić information content (AvgIpc) is 2.94. The summed E-state index contributed by atoms with van der Waals surface area (Å²) >= 11 is 1.44. The van der Waals surface area contributed by atoms with Crippen LogP contribution in [0.4, 0.5) is 0 Å². The number of guanidine groups is 1. The molecule has 23 heavy (non-hydrogen) atoms. The topological polar surface area (TPSA) is 88.6 Å². The number of sulfonamides is 1. The van der Waals surface area contributed by atoms with Crippen molar-refractivity contribution >= 4 is 27.3 Å². The number of thiophene rings is 1. The second-order valence-electron chi connectivity index (χ2n) is 5.07. The van der Waals surface area contributed by atoms with Gasteiger partial charge in [-0.15, -0.1) is 11.3 Å². The van der Waals surface area contributed by atoms with Gasteiger partial charge in [0, 0.05) is 41.3 Å². The largest absolute Gasteiger partial charge is 0.369 e. The third-order valence-electron chi connectivity index (χ3n) is 3.21. The molecule has 8 heteroatoms. The number of pyridine rings is 1. The number of nitrogens with two attached hydrogens (primary N) is 1. The van der Waals surface area contributed by atoms with Crippen LogP contribution in [-0.4, -0.2) is 37.3 Å². The maximum absolute atomic E-state index is 12.4. The normalized spacial score (nSPS) is 12.4. The molecule has 2 N–H and O–H groups in total. The Hall–Kier alpha value is -1.93. The Bertz CT molecular complexity index is 812. The lowest BCUT2D eigenvalue weighted by Gasteiger charge is -2.17. The smallest absolute Gasteiger partial charge is 0.242 e. The van der Waals surface area contributed by atoms with Crippen molar-refractivity contribution in [2.24, 2.45) is 10.7 Å². The zero-order valence-corrected chi connectivity index (χ0v) is 15.0. The zero-order chi connectivity index (χ0) is 17.0. The van der Waals surface area contributed by atoms with Crippen LogP contribution in [0.25, 0.3) is 10.4 Å². The first-order chi connectivity index (χ1) is 10.8.